The van der Waals surface area contributed by atoms with E-state index in [1.54, 1.807) is 32.4 Å². The van der Waals surface area contributed by atoms with E-state index in [0.29, 0.717) is 24.6 Å². The number of carbonyl (C=O) groups is 1. The summed E-state index contributed by atoms with van der Waals surface area (Å²) in [5.41, 5.74) is 0.827. The Morgan fingerprint density at radius 3 is 2.71 bits per heavy atom. The molecule has 0 radical (unpaired) electrons. The Bertz CT molecular complexity index is 530. The number of ether oxygens (including phenoxy) is 2. The number of aliphatic hydroxyl groups excluding tert-OH is 1. The van der Waals surface area contributed by atoms with Gasteiger partial charge in [0.1, 0.15) is 0 Å². The fourth-order valence-corrected chi connectivity index (χ4v) is 2.17. The van der Waals surface area contributed by atoms with E-state index in [0.717, 1.165) is 5.56 Å². The maximum atomic E-state index is 11.8. The van der Waals surface area contributed by atoms with Gasteiger partial charge in [0.05, 0.1) is 26.4 Å². The smallest absolute Gasteiger partial charge is 0.244 e. The standard InChI is InChI=1S/C15H20N2O4/c1-20-13-5-3-10(7-14(13)21-2)4-6-15(19)17-11-8-16-9-12(11)18/h3-7,11-12,16,18H,8-9H2,1-2H3,(H,17,19)/b6-4+/t11-,12+/m1/s1. The molecule has 0 aromatic heterocycles. The molecule has 1 amide bonds. The van der Waals surface area contributed by atoms with Crippen molar-refractivity contribution in [2.45, 2.75) is 12.1 Å². The fraction of sp³-hybridized carbons (Fsp3) is 0.400. The Morgan fingerprint density at radius 1 is 1.33 bits per heavy atom. The van der Waals surface area contributed by atoms with Crippen LogP contribution in [-0.2, 0) is 4.79 Å². The average molecular weight is 292 g/mol. The maximum absolute atomic E-state index is 11.8. The third-order valence-corrected chi connectivity index (χ3v) is 3.34. The van der Waals surface area contributed by atoms with Crippen LogP contribution >= 0.6 is 0 Å². The van der Waals surface area contributed by atoms with E-state index in [2.05, 4.69) is 10.6 Å². The first-order valence-corrected chi connectivity index (χ1v) is 6.73. The number of hydrogen-bond donors (Lipinski definition) is 3. The van der Waals surface area contributed by atoms with Crippen molar-refractivity contribution in [3.05, 3.63) is 29.8 Å². The Labute approximate surface area is 123 Å². The third kappa shape index (κ3) is 3.96. The summed E-state index contributed by atoms with van der Waals surface area (Å²) in [6.07, 6.45) is 2.58. The normalized spacial score (nSPS) is 21.5. The van der Waals surface area contributed by atoms with Gasteiger partial charge in [0, 0.05) is 19.2 Å². The van der Waals surface area contributed by atoms with E-state index in [9.17, 15) is 9.90 Å². The molecule has 0 spiro atoms. The quantitative estimate of drug-likeness (QED) is 0.674. The topological polar surface area (TPSA) is 79.8 Å². The van der Waals surface area contributed by atoms with Crippen LogP contribution in [-0.4, -0.2) is 50.5 Å². The summed E-state index contributed by atoms with van der Waals surface area (Å²) < 4.78 is 10.4. The van der Waals surface area contributed by atoms with Crippen LogP contribution < -0.4 is 20.1 Å². The molecule has 0 saturated carbocycles. The summed E-state index contributed by atoms with van der Waals surface area (Å²) >= 11 is 0. The van der Waals surface area contributed by atoms with Crippen molar-refractivity contribution in [2.24, 2.45) is 0 Å². The second-order valence-corrected chi connectivity index (χ2v) is 4.79. The highest BCUT2D eigenvalue weighted by Gasteiger charge is 2.25. The van der Waals surface area contributed by atoms with E-state index in [1.807, 2.05) is 6.07 Å². The predicted molar refractivity (Wildman–Crippen MR) is 79.4 cm³/mol. The molecule has 1 saturated heterocycles. The molecule has 1 aromatic rings. The number of rotatable bonds is 5. The van der Waals surface area contributed by atoms with E-state index >= 15 is 0 Å². The van der Waals surface area contributed by atoms with Crippen molar-refractivity contribution in [3.8, 4) is 11.5 Å². The van der Waals surface area contributed by atoms with Crippen molar-refractivity contribution in [2.75, 3.05) is 27.3 Å². The average Bonchev–Trinajstić information content (AvgIpc) is 2.90. The number of aliphatic hydroxyl groups is 1. The summed E-state index contributed by atoms with van der Waals surface area (Å²) in [7, 11) is 3.13. The minimum Gasteiger partial charge on any atom is -0.493 e. The third-order valence-electron chi connectivity index (χ3n) is 3.34. The van der Waals surface area contributed by atoms with Gasteiger partial charge in [-0.3, -0.25) is 4.79 Å². The van der Waals surface area contributed by atoms with E-state index in [1.165, 1.54) is 6.08 Å². The molecule has 1 heterocycles. The zero-order valence-electron chi connectivity index (χ0n) is 12.1. The highest BCUT2D eigenvalue weighted by molar-refractivity contribution is 5.92. The first kappa shape index (κ1) is 15.3. The van der Waals surface area contributed by atoms with Crippen LogP contribution in [0.25, 0.3) is 6.08 Å². The number of hydrogen-bond acceptors (Lipinski definition) is 5. The molecular formula is C15H20N2O4. The molecule has 2 rings (SSSR count). The van der Waals surface area contributed by atoms with Gasteiger partial charge < -0.3 is 25.2 Å². The first-order chi connectivity index (χ1) is 10.1. The molecule has 0 unspecified atom stereocenters. The van der Waals surface area contributed by atoms with Gasteiger partial charge >= 0.3 is 0 Å². The molecule has 1 fully saturated rings. The Kier molecular flexibility index (Phi) is 5.19. The summed E-state index contributed by atoms with van der Waals surface area (Å²) in [5, 5.41) is 15.4. The van der Waals surface area contributed by atoms with Crippen LogP contribution in [0.1, 0.15) is 5.56 Å². The van der Waals surface area contributed by atoms with Gasteiger partial charge in [-0.15, -0.1) is 0 Å². The molecule has 1 aliphatic heterocycles. The lowest BCUT2D eigenvalue weighted by Crippen LogP contribution is -2.41. The highest BCUT2D eigenvalue weighted by Crippen LogP contribution is 2.27. The second kappa shape index (κ2) is 7.10. The van der Waals surface area contributed by atoms with Crippen LogP contribution in [0.15, 0.2) is 24.3 Å². The predicted octanol–water partition coefficient (Wildman–Crippen LogP) is 0.166. The van der Waals surface area contributed by atoms with Gasteiger partial charge in [-0.2, -0.15) is 0 Å². The van der Waals surface area contributed by atoms with Crippen LogP contribution in [0.5, 0.6) is 11.5 Å². The van der Waals surface area contributed by atoms with Crippen molar-refractivity contribution in [3.63, 3.8) is 0 Å². The highest BCUT2D eigenvalue weighted by atomic mass is 16.5. The number of amides is 1. The van der Waals surface area contributed by atoms with Crippen LogP contribution in [0.3, 0.4) is 0 Å². The van der Waals surface area contributed by atoms with Gasteiger partial charge in [0.25, 0.3) is 0 Å². The number of nitrogens with one attached hydrogen (secondary N) is 2. The minimum atomic E-state index is -0.538. The molecular weight excluding hydrogens is 272 g/mol. The molecule has 6 heteroatoms. The molecule has 1 aliphatic rings. The zero-order chi connectivity index (χ0) is 15.2. The molecule has 0 bridgehead atoms. The molecule has 1 aromatic carbocycles. The second-order valence-electron chi connectivity index (χ2n) is 4.79. The van der Waals surface area contributed by atoms with Gasteiger partial charge in [-0.25, -0.2) is 0 Å². The van der Waals surface area contributed by atoms with E-state index < -0.39 is 6.10 Å². The molecule has 2 atom stereocenters. The van der Waals surface area contributed by atoms with Crippen LogP contribution in [0.4, 0.5) is 0 Å². The summed E-state index contributed by atoms with van der Waals surface area (Å²) in [4.78, 5) is 11.8. The fourth-order valence-electron chi connectivity index (χ4n) is 2.17. The first-order valence-electron chi connectivity index (χ1n) is 6.73. The van der Waals surface area contributed by atoms with Gasteiger partial charge in [0.15, 0.2) is 11.5 Å². The Balaban J connectivity index is 1.98. The summed E-state index contributed by atoms with van der Waals surface area (Å²) in [6, 6.07) is 5.15. The van der Waals surface area contributed by atoms with Gasteiger partial charge in [-0.05, 0) is 23.8 Å². The van der Waals surface area contributed by atoms with Crippen molar-refractivity contribution in [1.29, 1.82) is 0 Å². The summed E-state index contributed by atoms with van der Waals surface area (Å²) in [6.45, 7) is 1.08. The molecule has 114 valence electrons. The minimum absolute atomic E-state index is 0.238. The summed E-state index contributed by atoms with van der Waals surface area (Å²) in [5.74, 6) is 1.01. The Hall–Kier alpha value is -2.05. The lowest BCUT2D eigenvalue weighted by Gasteiger charge is -2.13. The van der Waals surface area contributed by atoms with Crippen molar-refractivity contribution < 1.29 is 19.4 Å². The molecule has 0 aliphatic carbocycles. The van der Waals surface area contributed by atoms with Gasteiger partial charge in [-0.1, -0.05) is 6.07 Å². The van der Waals surface area contributed by atoms with Crippen molar-refractivity contribution in [1.82, 2.24) is 10.6 Å². The molecule has 6 nitrogen and oxygen atoms in total. The number of carbonyl (C=O) groups excluding carboxylic acids is 1. The number of benzene rings is 1. The van der Waals surface area contributed by atoms with Crippen LogP contribution in [0.2, 0.25) is 0 Å². The monoisotopic (exact) mass is 292 g/mol. The van der Waals surface area contributed by atoms with Crippen LogP contribution in [0, 0.1) is 0 Å². The lowest BCUT2D eigenvalue weighted by atomic mass is 10.1. The largest absolute Gasteiger partial charge is 0.493 e. The molecule has 21 heavy (non-hydrogen) atoms. The maximum Gasteiger partial charge on any atom is 0.244 e. The zero-order valence-corrected chi connectivity index (χ0v) is 12.1. The Morgan fingerprint density at radius 2 is 2.10 bits per heavy atom. The van der Waals surface area contributed by atoms with Crippen molar-refractivity contribution >= 4 is 12.0 Å². The van der Waals surface area contributed by atoms with E-state index in [-0.39, 0.29) is 11.9 Å². The SMILES string of the molecule is COc1ccc(/C=C/C(=O)N[C@@H]2CNC[C@@H]2O)cc1OC. The van der Waals surface area contributed by atoms with Gasteiger partial charge in [0.2, 0.25) is 5.91 Å². The van der Waals surface area contributed by atoms with E-state index in [4.69, 9.17) is 9.47 Å². The number of methoxy groups -OCH3 is 2. The molecule has 3 N–H and O–H groups in total. The lowest BCUT2D eigenvalue weighted by molar-refractivity contribution is -0.117. The number of β-amino-alcohol motifs (C(OH)–C–C–N with tert-alkyl or cyclic N) is 1.